The highest BCUT2D eigenvalue weighted by molar-refractivity contribution is 5.85. The fourth-order valence-corrected chi connectivity index (χ4v) is 2.27. The molecule has 0 aromatic carbocycles. The van der Waals surface area contributed by atoms with Crippen LogP contribution in [0.1, 0.15) is 33.6 Å². The van der Waals surface area contributed by atoms with Gasteiger partial charge >= 0.3 is 6.09 Å². The Kier molecular flexibility index (Phi) is 4.37. The smallest absolute Gasteiger partial charge is 0.410 e. The maximum Gasteiger partial charge on any atom is 0.410 e. The van der Waals surface area contributed by atoms with Crippen molar-refractivity contribution >= 4 is 12.0 Å². The number of nitrogens with zero attached hydrogens (tertiary/aromatic N) is 2. The minimum Gasteiger partial charge on any atom is -0.444 e. The maximum atomic E-state index is 12.0. The van der Waals surface area contributed by atoms with Crippen molar-refractivity contribution in [3.8, 4) is 0 Å². The SMILES string of the molecule is CC(C)(C)OC(=O)N1CC=C(N2C=CCC(N)C2=O)CC1. The van der Waals surface area contributed by atoms with Crippen molar-refractivity contribution in [1.82, 2.24) is 9.80 Å². The number of hydrogen-bond acceptors (Lipinski definition) is 4. The van der Waals surface area contributed by atoms with E-state index in [-0.39, 0.29) is 12.0 Å². The van der Waals surface area contributed by atoms with Gasteiger partial charge in [0.1, 0.15) is 5.60 Å². The summed E-state index contributed by atoms with van der Waals surface area (Å²) in [7, 11) is 0. The Bertz CT molecular complexity index is 491. The van der Waals surface area contributed by atoms with Crippen molar-refractivity contribution in [3.05, 3.63) is 24.0 Å². The molecule has 21 heavy (non-hydrogen) atoms. The molecule has 2 rings (SSSR count). The van der Waals surface area contributed by atoms with Gasteiger partial charge in [0.05, 0.1) is 6.04 Å². The third-order valence-electron chi connectivity index (χ3n) is 3.35. The second-order valence-electron chi connectivity index (χ2n) is 6.31. The lowest BCUT2D eigenvalue weighted by molar-refractivity contribution is -0.129. The molecule has 0 aromatic rings. The second-order valence-corrected chi connectivity index (χ2v) is 6.31. The van der Waals surface area contributed by atoms with E-state index in [4.69, 9.17) is 10.5 Å². The van der Waals surface area contributed by atoms with Crippen LogP contribution < -0.4 is 5.73 Å². The zero-order chi connectivity index (χ0) is 15.6. The molecule has 1 atom stereocenters. The Morgan fingerprint density at radius 2 is 2.14 bits per heavy atom. The average Bonchev–Trinajstić information content (AvgIpc) is 2.40. The van der Waals surface area contributed by atoms with Gasteiger partial charge in [-0.2, -0.15) is 0 Å². The molecule has 2 aliphatic heterocycles. The lowest BCUT2D eigenvalue weighted by Crippen LogP contribution is -2.45. The number of rotatable bonds is 1. The molecule has 0 radical (unpaired) electrons. The minimum atomic E-state index is -0.501. The lowest BCUT2D eigenvalue weighted by Gasteiger charge is -2.33. The van der Waals surface area contributed by atoms with Gasteiger partial charge < -0.3 is 15.4 Å². The topological polar surface area (TPSA) is 75.9 Å². The molecule has 0 aliphatic carbocycles. The Morgan fingerprint density at radius 3 is 2.71 bits per heavy atom. The van der Waals surface area contributed by atoms with Gasteiger partial charge in [0.15, 0.2) is 0 Å². The van der Waals surface area contributed by atoms with Gasteiger partial charge in [-0.15, -0.1) is 0 Å². The van der Waals surface area contributed by atoms with Crippen LogP contribution in [0.4, 0.5) is 4.79 Å². The molecule has 0 saturated heterocycles. The van der Waals surface area contributed by atoms with Gasteiger partial charge in [0, 0.05) is 31.4 Å². The van der Waals surface area contributed by atoms with Gasteiger partial charge in [-0.3, -0.25) is 9.69 Å². The second kappa shape index (κ2) is 5.89. The molecule has 0 saturated carbocycles. The van der Waals surface area contributed by atoms with E-state index in [2.05, 4.69) is 0 Å². The van der Waals surface area contributed by atoms with Crippen molar-refractivity contribution in [2.75, 3.05) is 13.1 Å². The Labute approximate surface area is 125 Å². The Hall–Kier alpha value is -1.82. The van der Waals surface area contributed by atoms with E-state index < -0.39 is 11.6 Å². The highest BCUT2D eigenvalue weighted by Crippen LogP contribution is 2.21. The molecule has 0 aromatic heterocycles. The van der Waals surface area contributed by atoms with Crippen molar-refractivity contribution in [1.29, 1.82) is 0 Å². The molecular weight excluding hydrogens is 270 g/mol. The molecule has 6 heteroatoms. The fourth-order valence-electron chi connectivity index (χ4n) is 2.27. The molecular formula is C15H23N3O3. The molecule has 2 N–H and O–H groups in total. The van der Waals surface area contributed by atoms with Gasteiger partial charge in [-0.05, 0) is 33.3 Å². The van der Waals surface area contributed by atoms with E-state index in [0.29, 0.717) is 25.9 Å². The predicted molar refractivity (Wildman–Crippen MR) is 79.1 cm³/mol. The monoisotopic (exact) mass is 293 g/mol. The van der Waals surface area contributed by atoms with Crippen LogP contribution in [0.5, 0.6) is 0 Å². The molecule has 6 nitrogen and oxygen atoms in total. The van der Waals surface area contributed by atoms with Crippen LogP contribution in [-0.2, 0) is 9.53 Å². The molecule has 0 spiro atoms. The summed E-state index contributed by atoms with van der Waals surface area (Å²) >= 11 is 0. The van der Waals surface area contributed by atoms with Crippen LogP contribution >= 0.6 is 0 Å². The zero-order valence-corrected chi connectivity index (χ0v) is 12.8. The number of ether oxygens (including phenoxy) is 1. The Morgan fingerprint density at radius 1 is 1.43 bits per heavy atom. The lowest BCUT2D eigenvalue weighted by atomic mass is 10.1. The Balaban J connectivity index is 1.99. The highest BCUT2D eigenvalue weighted by Gasteiger charge is 2.28. The van der Waals surface area contributed by atoms with E-state index in [1.807, 2.05) is 32.9 Å². The third-order valence-corrected chi connectivity index (χ3v) is 3.35. The molecule has 0 fully saturated rings. The molecule has 2 heterocycles. The quantitative estimate of drug-likeness (QED) is 0.796. The van der Waals surface area contributed by atoms with Crippen LogP contribution in [0.15, 0.2) is 24.0 Å². The summed E-state index contributed by atoms with van der Waals surface area (Å²) in [6, 6.07) is -0.472. The van der Waals surface area contributed by atoms with Crippen LogP contribution in [0, 0.1) is 0 Å². The molecule has 2 aliphatic rings. The van der Waals surface area contributed by atoms with Crippen molar-refractivity contribution in [3.63, 3.8) is 0 Å². The highest BCUT2D eigenvalue weighted by atomic mass is 16.6. The third kappa shape index (κ3) is 3.85. The number of carbonyl (C=O) groups is 2. The summed E-state index contributed by atoms with van der Waals surface area (Å²) < 4.78 is 5.34. The number of nitrogens with two attached hydrogens (primary N) is 1. The summed E-state index contributed by atoms with van der Waals surface area (Å²) in [5, 5.41) is 0. The average molecular weight is 293 g/mol. The largest absolute Gasteiger partial charge is 0.444 e. The molecule has 0 bridgehead atoms. The minimum absolute atomic E-state index is 0.0885. The summed E-state index contributed by atoms with van der Waals surface area (Å²) in [4.78, 5) is 27.2. The summed E-state index contributed by atoms with van der Waals surface area (Å²) in [5.74, 6) is -0.0885. The molecule has 1 unspecified atom stereocenters. The van der Waals surface area contributed by atoms with Crippen LogP contribution in [0.3, 0.4) is 0 Å². The van der Waals surface area contributed by atoms with Crippen LogP contribution in [0.2, 0.25) is 0 Å². The van der Waals surface area contributed by atoms with Crippen molar-refractivity contribution in [2.24, 2.45) is 5.73 Å². The summed E-state index contributed by atoms with van der Waals surface area (Å²) in [6.45, 7) is 6.50. The first-order valence-electron chi connectivity index (χ1n) is 7.20. The normalized spacial score (nSPS) is 23.1. The zero-order valence-electron chi connectivity index (χ0n) is 12.8. The number of hydrogen-bond donors (Lipinski definition) is 1. The van der Waals surface area contributed by atoms with Gasteiger partial charge in [-0.25, -0.2) is 4.79 Å². The first kappa shape index (κ1) is 15.6. The van der Waals surface area contributed by atoms with Crippen LogP contribution in [-0.4, -0.2) is 46.5 Å². The van der Waals surface area contributed by atoms with E-state index in [0.717, 1.165) is 5.70 Å². The van der Waals surface area contributed by atoms with E-state index in [9.17, 15) is 9.59 Å². The molecule has 116 valence electrons. The standard InChI is InChI=1S/C15H23N3O3/c1-15(2,3)21-14(20)17-9-6-11(7-10-17)18-8-4-5-12(16)13(18)19/h4,6,8,12H,5,7,9-10,16H2,1-3H3. The first-order chi connectivity index (χ1) is 9.78. The van der Waals surface area contributed by atoms with E-state index >= 15 is 0 Å². The summed E-state index contributed by atoms with van der Waals surface area (Å²) in [5.41, 5.74) is 6.16. The van der Waals surface area contributed by atoms with Gasteiger partial charge in [0.2, 0.25) is 5.91 Å². The fraction of sp³-hybridized carbons (Fsp3) is 0.600. The maximum absolute atomic E-state index is 12.0. The number of carbonyl (C=O) groups excluding carboxylic acids is 2. The first-order valence-corrected chi connectivity index (χ1v) is 7.20. The van der Waals surface area contributed by atoms with Crippen molar-refractivity contribution < 1.29 is 14.3 Å². The van der Waals surface area contributed by atoms with Crippen LogP contribution in [0.25, 0.3) is 0 Å². The summed E-state index contributed by atoms with van der Waals surface area (Å²) in [6.07, 6.45) is 6.41. The van der Waals surface area contributed by atoms with E-state index in [1.54, 1.807) is 16.0 Å². The van der Waals surface area contributed by atoms with Gasteiger partial charge in [-0.1, -0.05) is 6.08 Å². The van der Waals surface area contributed by atoms with Crippen molar-refractivity contribution in [2.45, 2.75) is 45.3 Å². The number of amides is 2. The van der Waals surface area contributed by atoms with Gasteiger partial charge in [0.25, 0.3) is 0 Å². The van der Waals surface area contributed by atoms with E-state index in [1.165, 1.54) is 0 Å². The molecule has 2 amide bonds. The predicted octanol–water partition coefficient (Wildman–Crippen LogP) is 1.58.